The number of halogens is 3. The summed E-state index contributed by atoms with van der Waals surface area (Å²) in [7, 11) is 0. The molecular formula is C13H15F3N2OS. The Labute approximate surface area is 119 Å². The first-order valence-corrected chi connectivity index (χ1v) is 6.96. The molecular weight excluding hydrogens is 289 g/mol. The molecule has 1 aromatic carbocycles. The maximum atomic E-state index is 13.9. The molecule has 0 saturated carbocycles. The van der Waals surface area contributed by atoms with Crippen molar-refractivity contribution in [2.45, 2.75) is 31.4 Å². The highest BCUT2D eigenvalue weighted by molar-refractivity contribution is 7.90. The second-order valence-corrected chi connectivity index (χ2v) is 7.26. The van der Waals surface area contributed by atoms with E-state index in [4.69, 9.17) is 5.26 Å². The minimum atomic E-state index is -3.56. The zero-order valence-corrected chi connectivity index (χ0v) is 12.2. The van der Waals surface area contributed by atoms with E-state index in [9.17, 15) is 17.7 Å². The molecule has 0 unspecified atom stereocenters. The molecule has 0 bridgehead atoms. The Morgan fingerprint density at radius 1 is 1.35 bits per heavy atom. The Kier molecular flexibility index (Phi) is 5.08. The lowest BCUT2D eigenvalue weighted by Gasteiger charge is -2.26. The highest BCUT2D eigenvalue weighted by atomic mass is 32.2. The molecule has 0 spiro atoms. The summed E-state index contributed by atoms with van der Waals surface area (Å²) in [6, 6.07) is 4.42. The molecule has 0 fully saturated rings. The highest BCUT2D eigenvalue weighted by Crippen LogP contribution is 2.30. The van der Waals surface area contributed by atoms with E-state index in [1.165, 1.54) is 0 Å². The third-order valence-electron chi connectivity index (χ3n) is 2.47. The predicted octanol–water partition coefficient (Wildman–Crippen LogP) is 2.84. The molecule has 3 nitrogen and oxygen atoms in total. The van der Waals surface area contributed by atoms with Gasteiger partial charge in [0.15, 0.2) is 0 Å². The van der Waals surface area contributed by atoms with Gasteiger partial charge in [-0.25, -0.2) is 4.39 Å². The molecule has 0 aliphatic carbocycles. The van der Waals surface area contributed by atoms with E-state index in [1.54, 1.807) is 26.8 Å². The van der Waals surface area contributed by atoms with Crippen LogP contribution in [0, 0.1) is 17.1 Å². The van der Waals surface area contributed by atoms with Crippen molar-refractivity contribution in [3.8, 4) is 6.07 Å². The smallest absolute Gasteiger partial charge is 0.292 e. The van der Waals surface area contributed by atoms with Gasteiger partial charge in [-0.05, 0) is 39.0 Å². The zero-order valence-electron chi connectivity index (χ0n) is 11.3. The van der Waals surface area contributed by atoms with Crippen molar-refractivity contribution in [1.82, 2.24) is 4.72 Å². The molecule has 7 heteroatoms. The molecule has 0 amide bonds. The Morgan fingerprint density at radius 3 is 2.45 bits per heavy atom. The molecule has 0 aromatic heterocycles. The van der Waals surface area contributed by atoms with E-state index in [0.29, 0.717) is 0 Å². The molecule has 1 atom stereocenters. The quantitative estimate of drug-likeness (QED) is 0.870. The molecule has 0 heterocycles. The maximum Gasteiger partial charge on any atom is 0.292 e. The number of benzene rings is 1. The monoisotopic (exact) mass is 304 g/mol. The average Bonchev–Trinajstić information content (AvgIpc) is 2.35. The molecule has 1 aromatic rings. The van der Waals surface area contributed by atoms with Gasteiger partial charge in [-0.2, -0.15) is 14.0 Å². The van der Waals surface area contributed by atoms with Crippen LogP contribution in [-0.2, 0) is 17.3 Å². The normalized spacial score (nSPS) is 13.9. The summed E-state index contributed by atoms with van der Waals surface area (Å²) in [5.74, 6) is -4.66. The van der Waals surface area contributed by atoms with Gasteiger partial charge in [0.05, 0.1) is 17.2 Å². The Morgan fingerprint density at radius 2 is 1.95 bits per heavy atom. The van der Waals surface area contributed by atoms with Gasteiger partial charge >= 0.3 is 0 Å². The predicted molar refractivity (Wildman–Crippen MR) is 70.9 cm³/mol. The van der Waals surface area contributed by atoms with Gasteiger partial charge in [0.1, 0.15) is 17.1 Å². The SMILES string of the molecule is CC(C)(C)[S@@+]([O-])NCC(F)(F)c1cc(C#N)ccc1F. The summed E-state index contributed by atoms with van der Waals surface area (Å²) in [5, 5.41) is 8.66. The Balaban J connectivity index is 2.92. The third-order valence-corrected chi connectivity index (χ3v) is 3.99. The summed E-state index contributed by atoms with van der Waals surface area (Å²) < 4.78 is 54.5. The van der Waals surface area contributed by atoms with E-state index < -0.39 is 40.0 Å². The average molecular weight is 304 g/mol. The van der Waals surface area contributed by atoms with Gasteiger partial charge in [0, 0.05) is 11.4 Å². The van der Waals surface area contributed by atoms with Crippen LogP contribution >= 0.6 is 0 Å². The van der Waals surface area contributed by atoms with Crippen LogP contribution in [0.5, 0.6) is 0 Å². The van der Waals surface area contributed by atoms with Crippen molar-refractivity contribution >= 4 is 11.4 Å². The summed E-state index contributed by atoms with van der Waals surface area (Å²) in [6.07, 6.45) is 0. The topological polar surface area (TPSA) is 58.9 Å². The maximum absolute atomic E-state index is 13.9. The van der Waals surface area contributed by atoms with Gasteiger partial charge in [-0.3, -0.25) is 0 Å². The van der Waals surface area contributed by atoms with Crippen molar-refractivity contribution < 1.29 is 17.7 Å². The van der Waals surface area contributed by atoms with E-state index >= 15 is 0 Å². The van der Waals surface area contributed by atoms with Crippen LogP contribution in [0.15, 0.2) is 18.2 Å². The number of hydrogen-bond acceptors (Lipinski definition) is 3. The van der Waals surface area contributed by atoms with Crippen LogP contribution in [0.2, 0.25) is 0 Å². The minimum Gasteiger partial charge on any atom is -0.598 e. The molecule has 0 saturated heterocycles. The van der Waals surface area contributed by atoms with Gasteiger partial charge < -0.3 is 4.55 Å². The molecule has 1 N–H and O–H groups in total. The van der Waals surface area contributed by atoms with Crippen LogP contribution in [0.25, 0.3) is 0 Å². The number of rotatable bonds is 4. The molecule has 0 aliphatic heterocycles. The number of nitrogens with zero attached hydrogens (tertiary/aromatic N) is 1. The van der Waals surface area contributed by atoms with Crippen molar-refractivity contribution in [3.63, 3.8) is 0 Å². The number of alkyl halides is 2. The van der Waals surface area contributed by atoms with Gasteiger partial charge in [-0.15, -0.1) is 4.72 Å². The summed E-state index contributed by atoms with van der Waals surface area (Å²) in [4.78, 5) is 0. The fourth-order valence-electron chi connectivity index (χ4n) is 1.34. The van der Waals surface area contributed by atoms with Crippen LogP contribution in [-0.4, -0.2) is 15.8 Å². The molecule has 0 radical (unpaired) electrons. The lowest BCUT2D eigenvalue weighted by Crippen LogP contribution is -2.44. The van der Waals surface area contributed by atoms with Gasteiger partial charge in [-0.1, -0.05) is 0 Å². The Hall–Kier alpha value is -1.23. The number of nitrogens with one attached hydrogen (secondary N) is 1. The van der Waals surface area contributed by atoms with Crippen molar-refractivity contribution in [2.75, 3.05) is 6.54 Å². The van der Waals surface area contributed by atoms with Gasteiger partial charge in [0.25, 0.3) is 5.92 Å². The first-order valence-electron chi connectivity index (χ1n) is 5.81. The van der Waals surface area contributed by atoms with Crippen LogP contribution in [0.4, 0.5) is 13.2 Å². The van der Waals surface area contributed by atoms with Crippen molar-refractivity contribution in [2.24, 2.45) is 0 Å². The van der Waals surface area contributed by atoms with E-state index in [0.717, 1.165) is 18.2 Å². The van der Waals surface area contributed by atoms with Gasteiger partial charge in [0.2, 0.25) is 0 Å². The van der Waals surface area contributed by atoms with E-state index in [-0.39, 0.29) is 5.56 Å². The summed E-state index contributed by atoms with van der Waals surface area (Å²) in [6.45, 7) is 3.92. The largest absolute Gasteiger partial charge is 0.598 e. The lowest BCUT2D eigenvalue weighted by molar-refractivity contribution is -0.00152. The highest BCUT2D eigenvalue weighted by Gasteiger charge is 2.38. The van der Waals surface area contributed by atoms with Crippen LogP contribution in [0.3, 0.4) is 0 Å². The summed E-state index contributed by atoms with van der Waals surface area (Å²) >= 11 is -1.69. The lowest BCUT2D eigenvalue weighted by atomic mass is 10.1. The minimum absolute atomic E-state index is 0.0574. The molecule has 20 heavy (non-hydrogen) atoms. The number of nitriles is 1. The van der Waals surface area contributed by atoms with Crippen LogP contribution < -0.4 is 4.72 Å². The molecule has 1 rings (SSSR count). The van der Waals surface area contributed by atoms with E-state index in [2.05, 4.69) is 4.72 Å². The fraction of sp³-hybridized carbons (Fsp3) is 0.462. The zero-order chi connectivity index (χ0) is 15.6. The third kappa shape index (κ3) is 4.13. The molecule has 110 valence electrons. The molecule has 0 aliphatic rings. The van der Waals surface area contributed by atoms with Crippen molar-refractivity contribution in [1.29, 1.82) is 5.26 Å². The second-order valence-electron chi connectivity index (χ2n) is 5.21. The van der Waals surface area contributed by atoms with Crippen molar-refractivity contribution in [3.05, 3.63) is 35.1 Å². The number of hydrogen-bond donors (Lipinski definition) is 1. The fourth-order valence-corrected chi connectivity index (χ4v) is 2.09. The van der Waals surface area contributed by atoms with E-state index in [1.807, 2.05) is 0 Å². The standard InChI is InChI=1S/C13H15F3N2OS/c1-12(2,3)20(19)18-8-13(15,16)10-6-9(7-17)4-5-11(10)14/h4-6,18H,8H2,1-3H3/t20-/m1/s1. The first-order chi connectivity index (χ1) is 9.08. The summed E-state index contributed by atoms with van der Waals surface area (Å²) in [5.41, 5.74) is -0.937. The van der Waals surface area contributed by atoms with Crippen LogP contribution in [0.1, 0.15) is 31.9 Å². The second kappa shape index (κ2) is 6.04. The first kappa shape index (κ1) is 16.8. The Bertz CT molecular complexity index is 523.